The number of halogens is 3. The lowest BCUT2D eigenvalue weighted by Gasteiger charge is -2.13. The van der Waals surface area contributed by atoms with E-state index in [-0.39, 0.29) is 5.75 Å². The molecule has 0 bridgehead atoms. The van der Waals surface area contributed by atoms with E-state index < -0.39 is 15.6 Å². The minimum absolute atomic E-state index is 0.312. The van der Waals surface area contributed by atoms with Crippen LogP contribution in [-0.4, -0.2) is 13.9 Å². The summed E-state index contributed by atoms with van der Waals surface area (Å²) in [5.41, 5.74) is -4.50. The van der Waals surface area contributed by atoms with Gasteiger partial charge >= 0.3 is 15.6 Å². The molecule has 2 aromatic rings. The molecule has 0 aliphatic rings. The van der Waals surface area contributed by atoms with Gasteiger partial charge in [0, 0.05) is 5.39 Å². The van der Waals surface area contributed by atoms with Crippen molar-refractivity contribution in [1.82, 2.24) is 0 Å². The van der Waals surface area contributed by atoms with Crippen LogP contribution in [0, 0.1) is 0 Å². The average molecular weight is 332 g/mol. The maximum Gasteiger partial charge on any atom is 0.534 e. The van der Waals surface area contributed by atoms with Gasteiger partial charge in [0.2, 0.25) is 0 Å². The molecule has 7 heteroatoms. The molecule has 0 fully saturated rings. The van der Waals surface area contributed by atoms with Crippen LogP contribution in [0.25, 0.3) is 10.8 Å². The largest absolute Gasteiger partial charge is 0.534 e. The first-order valence-electron chi connectivity index (χ1n) is 6.77. The van der Waals surface area contributed by atoms with Gasteiger partial charge in [-0.05, 0) is 29.9 Å². The summed E-state index contributed by atoms with van der Waals surface area (Å²) in [4.78, 5) is 0. The van der Waals surface area contributed by atoms with E-state index in [1.807, 2.05) is 6.92 Å². The normalized spacial score (nSPS) is 12.5. The van der Waals surface area contributed by atoms with Gasteiger partial charge in [-0.3, -0.25) is 0 Å². The van der Waals surface area contributed by atoms with Crippen molar-refractivity contribution in [2.75, 3.05) is 0 Å². The Labute approximate surface area is 126 Å². The van der Waals surface area contributed by atoms with Gasteiger partial charge in [-0.2, -0.15) is 21.6 Å². The summed E-state index contributed by atoms with van der Waals surface area (Å²) in [5.74, 6) is -0.312. The van der Waals surface area contributed by atoms with Crippen LogP contribution in [0.4, 0.5) is 13.2 Å². The quantitative estimate of drug-likeness (QED) is 0.602. The lowest BCUT2D eigenvalue weighted by atomic mass is 10.00. The summed E-state index contributed by atoms with van der Waals surface area (Å²) in [6, 6.07) is 9.55. The van der Waals surface area contributed by atoms with E-state index in [4.69, 9.17) is 0 Å². The number of rotatable bonds is 5. The summed E-state index contributed by atoms with van der Waals surface area (Å²) < 4.78 is 64.0. The fourth-order valence-corrected chi connectivity index (χ4v) is 2.63. The van der Waals surface area contributed by atoms with Crippen LogP contribution in [0.5, 0.6) is 5.75 Å². The molecular formula is C15H15F3O3S. The summed E-state index contributed by atoms with van der Waals surface area (Å²) >= 11 is 0. The van der Waals surface area contributed by atoms with E-state index in [0.29, 0.717) is 10.8 Å². The molecule has 0 unspecified atom stereocenters. The number of hydrogen-bond acceptors (Lipinski definition) is 3. The van der Waals surface area contributed by atoms with Crippen molar-refractivity contribution in [1.29, 1.82) is 0 Å². The molecule has 0 heterocycles. The number of fused-ring (bicyclic) bond motifs is 1. The van der Waals surface area contributed by atoms with Gasteiger partial charge in [-0.15, -0.1) is 0 Å². The highest BCUT2D eigenvalue weighted by molar-refractivity contribution is 7.88. The predicted octanol–water partition coefficient (Wildman–Crippen LogP) is 4.41. The maximum atomic E-state index is 12.5. The molecule has 0 N–H and O–H groups in total. The van der Waals surface area contributed by atoms with Crippen molar-refractivity contribution in [3.63, 3.8) is 0 Å². The Hall–Kier alpha value is -1.76. The number of aryl methyl sites for hydroxylation is 1. The molecule has 0 aliphatic carbocycles. The van der Waals surface area contributed by atoms with Crippen LogP contribution < -0.4 is 4.18 Å². The zero-order valence-electron chi connectivity index (χ0n) is 11.9. The Morgan fingerprint density at radius 1 is 1.05 bits per heavy atom. The fourth-order valence-electron chi connectivity index (χ4n) is 2.16. The van der Waals surface area contributed by atoms with Gasteiger partial charge in [0.1, 0.15) is 0 Å². The summed E-state index contributed by atoms with van der Waals surface area (Å²) in [5, 5.41) is 1.05. The SMILES string of the molecule is CCCCc1ccc(OS(=O)(=O)C(F)(F)F)c2ccccc12. The summed E-state index contributed by atoms with van der Waals surface area (Å²) in [6.07, 6.45) is 2.68. The van der Waals surface area contributed by atoms with E-state index in [0.717, 1.165) is 24.8 Å². The smallest absolute Gasteiger partial charge is 0.375 e. The zero-order valence-corrected chi connectivity index (χ0v) is 12.7. The first-order chi connectivity index (χ1) is 10.3. The van der Waals surface area contributed by atoms with Crippen LogP contribution in [0.3, 0.4) is 0 Å². The molecule has 0 amide bonds. The highest BCUT2D eigenvalue weighted by Gasteiger charge is 2.48. The molecule has 0 radical (unpaired) electrons. The Balaban J connectivity index is 2.49. The summed E-state index contributed by atoms with van der Waals surface area (Å²) in [6.45, 7) is 2.04. The highest BCUT2D eigenvalue weighted by atomic mass is 32.2. The second-order valence-electron chi connectivity index (χ2n) is 4.86. The third-order valence-corrected chi connectivity index (χ3v) is 4.22. The topological polar surface area (TPSA) is 43.4 Å². The van der Waals surface area contributed by atoms with Crippen LogP contribution in [0.2, 0.25) is 0 Å². The Bertz CT molecular complexity index is 767. The Morgan fingerprint density at radius 2 is 1.68 bits per heavy atom. The molecule has 2 aromatic carbocycles. The minimum atomic E-state index is -5.67. The van der Waals surface area contributed by atoms with Crippen LogP contribution in [-0.2, 0) is 16.5 Å². The second-order valence-corrected chi connectivity index (χ2v) is 6.39. The van der Waals surface area contributed by atoms with Crippen LogP contribution in [0.1, 0.15) is 25.3 Å². The molecule has 0 atom stereocenters. The van der Waals surface area contributed by atoms with E-state index in [2.05, 4.69) is 4.18 Å². The maximum absolute atomic E-state index is 12.5. The molecule has 0 aromatic heterocycles. The van der Waals surface area contributed by atoms with Gasteiger partial charge < -0.3 is 4.18 Å². The van der Waals surface area contributed by atoms with Crippen molar-refractivity contribution >= 4 is 20.9 Å². The molecule has 3 nitrogen and oxygen atoms in total. The van der Waals surface area contributed by atoms with Crippen molar-refractivity contribution in [2.45, 2.75) is 31.7 Å². The average Bonchev–Trinajstić information content (AvgIpc) is 2.45. The van der Waals surface area contributed by atoms with Gasteiger partial charge in [-0.25, -0.2) is 0 Å². The second kappa shape index (κ2) is 6.16. The zero-order chi connectivity index (χ0) is 16.4. The van der Waals surface area contributed by atoms with E-state index in [1.165, 1.54) is 6.07 Å². The molecule has 0 saturated heterocycles. The van der Waals surface area contributed by atoms with Crippen LogP contribution >= 0.6 is 0 Å². The van der Waals surface area contributed by atoms with Crippen molar-refractivity contribution < 1.29 is 25.8 Å². The van der Waals surface area contributed by atoms with Gasteiger partial charge in [-0.1, -0.05) is 43.7 Å². The van der Waals surface area contributed by atoms with Crippen molar-refractivity contribution in [3.05, 3.63) is 42.0 Å². The van der Waals surface area contributed by atoms with E-state index in [1.54, 1.807) is 30.3 Å². The molecular weight excluding hydrogens is 317 g/mol. The Morgan fingerprint density at radius 3 is 2.27 bits per heavy atom. The number of benzene rings is 2. The molecule has 120 valence electrons. The lowest BCUT2D eigenvalue weighted by Crippen LogP contribution is -2.28. The first-order valence-corrected chi connectivity index (χ1v) is 8.18. The monoisotopic (exact) mass is 332 g/mol. The number of alkyl halides is 3. The van der Waals surface area contributed by atoms with Crippen molar-refractivity contribution in [3.8, 4) is 5.75 Å². The molecule has 2 rings (SSSR count). The molecule has 0 spiro atoms. The highest BCUT2D eigenvalue weighted by Crippen LogP contribution is 2.33. The summed E-state index contributed by atoms with van der Waals surface area (Å²) in [7, 11) is -5.67. The number of unbranched alkanes of at least 4 members (excludes halogenated alkanes) is 1. The predicted molar refractivity (Wildman–Crippen MR) is 78.2 cm³/mol. The first kappa shape index (κ1) is 16.6. The fraction of sp³-hybridized carbons (Fsp3) is 0.333. The third-order valence-electron chi connectivity index (χ3n) is 3.26. The molecule has 0 saturated carbocycles. The van der Waals surface area contributed by atoms with E-state index in [9.17, 15) is 21.6 Å². The Kier molecular flexibility index (Phi) is 4.65. The standard InChI is InChI=1S/C15H15F3O3S/c1-2-3-6-11-9-10-14(13-8-5-4-7-12(11)13)21-22(19,20)15(16,17)18/h4-5,7-10H,2-3,6H2,1H3. The van der Waals surface area contributed by atoms with E-state index >= 15 is 0 Å². The van der Waals surface area contributed by atoms with Crippen LogP contribution in [0.15, 0.2) is 36.4 Å². The van der Waals surface area contributed by atoms with Crippen molar-refractivity contribution in [2.24, 2.45) is 0 Å². The molecule has 22 heavy (non-hydrogen) atoms. The number of hydrogen-bond donors (Lipinski definition) is 0. The van der Waals surface area contributed by atoms with Gasteiger partial charge in [0.25, 0.3) is 0 Å². The van der Waals surface area contributed by atoms with Gasteiger partial charge in [0.05, 0.1) is 0 Å². The molecule has 0 aliphatic heterocycles. The third kappa shape index (κ3) is 3.35. The lowest BCUT2D eigenvalue weighted by molar-refractivity contribution is -0.0499. The van der Waals surface area contributed by atoms with Gasteiger partial charge in [0.15, 0.2) is 5.75 Å². The minimum Gasteiger partial charge on any atom is -0.375 e.